The first kappa shape index (κ1) is 19.8. The number of nitriles is 1. The van der Waals surface area contributed by atoms with Gasteiger partial charge in [-0.25, -0.2) is 4.79 Å². The van der Waals surface area contributed by atoms with Crippen LogP contribution in [0.25, 0.3) is 11.1 Å². The fraction of sp³-hybridized carbons (Fsp3) is 0.190. The van der Waals surface area contributed by atoms with Gasteiger partial charge in [-0.2, -0.15) is 5.26 Å². The van der Waals surface area contributed by atoms with Crippen molar-refractivity contribution < 1.29 is 23.4 Å². The number of para-hydroxylation sites is 1. The maximum Gasteiger partial charge on any atom is 0.373 e. The highest BCUT2D eigenvalue weighted by molar-refractivity contribution is 5.86. The number of aromatic amines is 1. The SMILES string of the molecule is COC(=O)c1ccc(COc2c(OC)cccc2-c2cc(C)[nH]c(=O)c2C#N)o1. The summed E-state index contributed by atoms with van der Waals surface area (Å²) in [7, 11) is 2.75. The lowest BCUT2D eigenvalue weighted by Gasteiger charge is -2.15. The van der Waals surface area contributed by atoms with Crippen molar-refractivity contribution in [1.29, 1.82) is 5.26 Å². The van der Waals surface area contributed by atoms with Crippen molar-refractivity contribution in [3.63, 3.8) is 0 Å². The number of pyridine rings is 1. The number of furan rings is 1. The molecule has 0 fully saturated rings. The fourth-order valence-electron chi connectivity index (χ4n) is 2.86. The number of hydrogen-bond donors (Lipinski definition) is 1. The van der Waals surface area contributed by atoms with Crippen molar-refractivity contribution in [2.75, 3.05) is 14.2 Å². The van der Waals surface area contributed by atoms with Crippen LogP contribution in [0, 0.1) is 18.3 Å². The lowest BCUT2D eigenvalue weighted by molar-refractivity contribution is 0.0561. The summed E-state index contributed by atoms with van der Waals surface area (Å²) >= 11 is 0. The molecule has 3 aromatic rings. The molecule has 3 rings (SSSR count). The van der Waals surface area contributed by atoms with Gasteiger partial charge in [0.2, 0.25) is 5.76 Å². The predicted molar refractivity (Wildman–Crippen MR) is 103 cm³/mol. The minimum Gasteiger partial charge on any atom is -0.493 e. The largest absolute Gasteiger partial charge is 0.493 e. The van der Waals surface area contributed by atoms with Crippen molar-refractivity contribution >= 4 is 5.97 Å². The van der Waals surface area contributed by atoms with Crippen LogP contribution in [0.2, 0.25) is 0 Å². The quantitative estimate of drug-likeness (QED) is 0.639. The highest BCUT2D eigenvalue weighted by Gasteiger charge is 2.19. The standard InChI is InChI=1S/C21H18N2O6/c1-12-9-15(16(10-22)20(24)23-12)14-5-4-6-17(26-2)19(14)28-11-13-7-8-18(29-13)21(25)27-3/h4-9H,11H2,1-3H3,(H,23,24). The van der Waals surface area contributed by atoms with E-state index in [1.165, 1.54) is 20.3 Å². The number of benzene rings is 1. The molecule has 0 aliphatic carbocycles. The molecular formula is C21H18N2O6. The van der Waals surface area contributed by atoms with Gasteiger partial charge in [-0.15, -0.1) is 0 Å². The van der Waals surface area contributed by atoms with Crippen LogP contribution in [0.5, 0.6) is 11.5 Å². The van der Waals surface area contributed by atoms with Gasteiger partial charge in [0.25, 0.3) is 5.56 Å². The Balaban J connectivity index is 2.02. The fourth-order valence-corrected chi connectivity index (χ4v) is 2.86. The molecule has 0 saturated heterocycles. The normalized spacial score (nSPS) is 10.3. The summed E-state index contributed by atoms with van der Waals surface area (Å²) in [6.07, 6.45) is 0. The number of carbonyl (C=O) groups excluding carboxylic acids is 1. The monoisotopic (exact) mass is 394 g/mol. The topological polar surface area (TPSA) is 115 Å². The molecule has 0 saturated carbocycles. The Kier molecular flexibility index (Phi) is 5.69. The maximum atomic E-state index is 12.2. The van der Waals surface area contributed by atoms with Gasteiger partial charge < -0.3 is 23.6 Å². The van der Waals surface area contributed by atoms with Gasteiger partial charge in [0.05, 0.1) is 14.2 Å². The molecular weight excluding hydrogens is 376 g/mol. The lowest BCUT2D eigenvalue weighted by atomic mass is 9.99. The maximum absolute atomic E-state index is 12.2. The van der Waals surface area contributed by atoms with Gasteiger partial charge >= 0.3 is 5.97 Å². The van der Waals surface area contributed by atoms with Crippen molar-refractivity contribution in [2.24, 2.45) is 0 Å². The number of esters is 1. The van der Waals surface area contributed by atoms with Crippen LogP contribution in [-0.4, -0.2) is 25.2 Å². The molecule has 0 radical (unpaired) electrons. The molecule has 1 N–H and O–H groups in total. The van der Waals surface area contributed by atoms with Crippen LogP contribution in [-0.2, 0) is 11.3 Å². The number of carbonyl (C=O) groups is 1. The third-order valence-corrected chi connectivity index (χ3v) is 4.18. The molecule has 0 unspecified atom stereocenters. The number of H-pyrrole nitrogens is 1. The van der Waals surface area contributed by atoms with Gasteiger partial charge in [-0.05, 0) is 31.2 Å². The van der Waals surface area contributed by atoms with E-state index < -0.39 is 11.5 Å². The second-order valence-corrected chi connectivity index (χ2v) is 6.07. The van der Waals surface area contributed by atoms with Crippen molar-refractivity contribution in [2.45, 2.75) is 13.5 Å². The van der Waals surface area contributed by atoms with Gasteiger partial charge in [0, 0.05) is 16.8 Å². The first-order chi connectivity index (χ1) is 14.0. The molecule has 0 aliphatic heterocycles. The van der Waals surface area contributed by atoms with Gasteiger partial charge in [-0.1, -0.05) is 12.1 Å². The van der Waals surface area contributed by atoms with Crippen LogP contribution < -0.4 is 15.0 Å². The van der Waals surface area contributed by atoms with E-state index in [-0.39, 0.29) is 17.9 Å². The van der Waals surface area contributed by atoms with Crippen molar-refractivity contribution in [3.8, 4) is 28.7 Å². The van der Waals surface area contributed by atoms with Crippen LogP contribution in [0.3, 0.4) is 0 Å². The van der Waals surface area contributed by atoms with E-state index in [1.54, 1.807) is 37.3 Å². The van der Waals surface area contributed by atoms with E-state index in [2.05, 4.69) is 9.72 Å². The summed E-state index contributed by atoms with van der Waals surface area (Å²) in [5, 5.41) is 9.45. The first-order valence-corrected chi connectivity index (χ1v) is 8.59. The van der Waals surface area contributed by atoms with Crippen LogP contribution in [0.4, 0.5) is 0 Å². The zero-order valence-corrected chi connectivity index (χ0v) is 16.1. The Bertz CT molecular complexity index is 1150. The van der Waals surface area contributed by atoms with E-state index in [0.717, 1.165) is 0 Å². The molecule has 0 amide bonds. The lowest BCUT2D eigenvalue weighted by Crippen LogP contribution is -2.13. The predicted octanol–water partition coefficient (Wildman–Crippen LogP) is 3.19. The molecule has 1 aromatic carbocycles. The highest BCUT2D eigenvalue weighted by atomic mass is 16.5. The molecule has 29 heavy (non-hydrogen) atoms. The number of hydrogen-bond acceptors (Lipinski definition) is 7. The van der Waals surface area contributed by atoms with E-state index in [4.69, 9.17) is 13.9 Å². The Morgan fingerprint density at radius 2 is 2.00 bits per heavy atom. The zero-order valence-electron chi connectivity index (χ0n) is 16.1. The van der Waals surface area contributed by atoms with E-state index >= 15 is 0 Å². The summed E-state index contributed by atoms with van der Waals surface area (Å²) < 4.78 is 21.3. The number of nitrogens with zero attached hydrogens (tertiary/aromatic N) is 1. The molecule has 0 aliphatic rings. The summed E-state index contributed by atoms with van der Waals surface area (Å²) in [4.78, 5) is 26.3. The minimum atomic E-state index is -0.591. The summed E-state index contributed by atoms with van der Waals surface area (Å²) in [5.74, 6) is 0.622. The second kappa shape index (κ2) is 8.35. The molecule has 0 spiro atoms. The Hall–Kier alpha value is -3.99. The van der Waals surface area contributed by atoms with E-state index in [1.807, 2.05) is 6.07 Å². The second-order valence-electron chi connectivity index (χ2n) is 6.07. The van der Waals surface area contributed by atoms with Crippen LogP contribution >= 0.6 is 0 Å². The molecule has 0 bridgehead atoms. The molecule has 0 atom stereocenters. The number of aromatic nitrogens is 1. The van der Waals surface area contributed by atoms with Crippen LogP contribution in [0.15, 0.2) is 45.6 Å². The Labute approximate surface area is 166 Å². The van der Waals surface area contributed by atoms with Gasteiger partial charge in [0.1, 0.15) is 24.0 Å². The number of rotatable bonds is 6. The van der Waals surface area contributed by atoms with E-state index in [0.29, 0.717) is 34.1 Å². The Morgan fingerprint density at radius 3 is 2.69 bits per heavy atom. The number of methoxy groups -OCH3 is 2. The smallest absolute Gasteiger partial charge is 0.373 e. The summed E-state index contributed by atoms with van der Waals surface area (Å²) in [5.41, 5.74) is 1.04. The number of aryl methyl sites for hydroxylation is 1. The molecule has 2 heterocycles. The van der Waals surface area contributed by atoms with Gasteiger partial charge in [-0.3, -0.25) is 4.79 Å². The summed E-state index contributed by atoms with van der Waals surface area (Å²) in [6, 6.07) is 11.9. The van der Waals surface area contributed by atoms with Gasteiger partial charge in [0.15, 0.2) is 11.5 Å². The zero-order chi connectivity index (χ0) is 21.0. The molecule has 8 nitrogen and oxygen atoms in total. The van der Waals surface area contributed by atoms with Crippen molar-refractivity contribution in [3.05, 3.63) is 69.5 Å². The first-order valence-electron chi connectivity index (χ1n) is 8.59. The molecule has 148 valence electrons. The minimum absolute atomic E-state index is 0.00553. The summed E-state index contributed by atoms with van der Waals surface area (Å²) in [6.45, 7) is 1.72. The van der Waals surface area contributed by atoms with E-state index in [9.17, 15) is 14.9 Å². The Morgan fingerprint density at radius 1 is 1.21 bits per heavy atom. The highest BCUT2D eigenvalue weighted by Crippen LogP contribution is 2.39. The molecule has 8 heteroatoms. The average Bonchev–Trinajstić information content (AvgIpc) is 3.19. The van der Waals surface area contributed by atoms with Crippen LogP contribution in [0.1, 0.15) is 27.6 Å². The number of nitrogens with one attached hydrogen (secondary N) is 1. The number of ether oxygens (including phenoxy) is 3. The molecule has 2 aromatic heterocycles. The third kappa shape index (κ3) is 3.99. The van der Waals surface area contributed by atoms with Crippen molar-refractivity contribution in [1.82, 2.24) is 4.98 Å². The average molecular weight is 394 g/mol. The third-order valence-electron chi connectivity index (χ3n) is 4.18.